The first-order valence-corrected chi connectivity index (χ1v) is 5.64. The van der Waals surface area contributed by atoms with E-state index in [0.717, 1.165) is 6.07 Å². The third kappa shape index (κ3) is 2.97. The van der Waals surface area contributed by atoms with Crippen molar-refractivity contribution >= 4 is 22.7 Å². The Morgan fingerprint density at radius 1 is 0.905 bits per heavy atom. The third-order valence-corrected chi connectivity index (χ3v) is 2.60. The predicted molar refractivity (Wildman–Crippen MR) is 75.1 cm³/mol. The molecule has 9 nitrogen and oxygen atoms in total. The predicted octanol–water partition coefficient (Wildman–Crippen LogP) is 2.46. The summed E-state index contributed by atoms with van der Waals surface area (Å²) in [4.78, 5) is 20.3. The Kier molecular flexibility index (Phi) is 3.57. The summed E-state index contributed by atoms with van der Waals surface area (Å²) in [5.41, 5.74) is 10.7. The lowest BCUT2D eigenvalue weighted by Gasteiger charge is -2.07. The van der Waals surface area contributed by atoms with Crippen molar-refractivity contribution < 1.29 is 14.6 Å². The molecule has 0 radical (unpaired) electrons. The lowest BCUT2D eigenvalue weighted by molar-refractivity contribution is -0.385. The van der Waals surface area contributed by atoms with E-state index < -0.39 is 9.85 Å². The zero-order valence-electron chi connectivity index (χ0n) is 10.6. The Hall–Kier alpha value is -3.36. The normalized spacial score (nSPS) is 10.1. The molecule has 0 bridgehead atoms. The van der Waals surface area contributed by atoms with E-state index in [1.165, 1.54) is 30.3 Å². The van der Waals surface area contributed by atoms with Crippen molar-refractivity contribution in [1.82, 2.24) is 0 Å². The molecule has 0 amide bonds. The molecule has 0 atom stereocenters. The van der Waals surface area contributed by atoms with Gasteiger partial charge in [0.25, 0.3) is 5.69 Å². The molecule has 0 saturated carbocycles. The topological polar surface area (TPSA) is 148 Å². The van der Waals surface area contributed by atoms with Crippen LogP contribution in [0.25, 0.3) is 0 Å². The van der Waals surface area contributed by atoms with Crippen LogP contribution in [0.1, 0.15) is 0 Å². The summed E-state index contributed by atoms with van der Waals surface area (Å²) in [5, 5.41) is 21.6. The molecular weight excluding hydrogens is 280 g/mol. The number of nitro benzene ring substituents is 2. The van der Waals surface area contributed by atoms with Crippen molar-refractivity contribution in [2.75, 3.05) is 11.5 Å². The first kappa shape index (κ1) is 14.1. The van der Waals surface area contributed by atoms with Gasteiger partial charge in [-0.2, -0.15) is 0 Å². The molecule has 0 fully saturated rings. The number of rotatable bonds is 4. The van der Waals surface area contributed by atoms with Gasteiger partial charge in [0.05, 0.1) is 9.85 Å². The molecule has 0 saturated heterocycles. The van der Waals surface area contributed by atoms with Crippen molar-refractivity contribution in [2.24, 2.45) is 0 Å². The van der Waals surface area contributed by atoms with E-state index in [4.69, 9.17) is 16.2 Å². The quantitative estimate of drug-likeness (QED) is 0.499. The van der Waals surface area contributed by atoms with Gasteiger partial charge >= 0.3 is 5.69 Å². The summed E-state index contributed by atoms with van der Waals surface area (Å²) in [6, 6.07) is 7.53. The van der Waals surface area contributed by atoms with Crippen molar-refractivity contribution in [3.63, 3.8) is 0 Å². The van der Waals surface area contributed by atoms with E-state index in [1.54, 1.807) is 0 Å². The van der Waals surface area contributed by atoms with Gasteiger partial charge in [0.1, 0.15) is 11.4 Å². The average Bonchev–Trinajstić information content (AvgIpc) is 2.37. The monoisotopic (exact) mass is 290 g/mol. The highest BCUT2D eigenvalue weighted by Gasteiger charge is 2.17. The second-order valence-corrected chi connectivity index (χ2v) is 4.06. The molecular formula is C12H10N4O5. The van der Waals surface area contributed by atoms with Crippen LogP contribution in [0, 0.1) is 20.2 Å². The van der Waals surface area contributed by atoms with Gasteiger partial charge in [0, 0.05) is 30.0 Å². The molecule has 4 N–H and O–H groups in total. The third-order valence-electron chi connectivity index (χ3n) is 2.60. The summed E-state index contributed by atoms with van der Waals surface area (Å²) >= 11 is 0. The first-order valence-electron chi connectivity index (χ1n) is 5.64. The largest absolute Gasteiger partial charge is 0.450 e. The van der Waals surface area contributed by atoms with E-state index >= 15 is 0 Å². The summed E-state index contributed by atoms with van der Waals surface area (Å²) in [5.74, 6) is 0.0556. The van der Waals surface area contributed by atoms with E-state index in [1.807, 2.05) is 0 Å². The summed E-state index contributed by atoms with van der Waals surface area (Å²) in [6.45, 7) is 0. The SMILES string of the molecule is Nc1ccc([N+](=O)[O-])c(Oc2ccc([N+](=O)[O-])c(N)c2)c1. The highest BCUT2D eigenvalue weighted by atomic mass is 16.6. The highest BCUT2D eigenvalue weighted by Crippen LogP contribution is 2.35. The van der Waals surface area contributed by atoms with Crippen molar-refractivity contribution in [1.29, 1.82) is 0 Å². The Bertz CT molecular complexity index is 732. The first-order chi connectivity index (χ1) is 9.88. The number of nitrogens with zero attached hydrogens (tertiary/aromatic N) is 2. The summed E-state index contributed by atoms with van der Waals surface area (Å²) < 4.78 is 5.34. The van der Waals surface area contributed by atoms with Gasteiger partial charge < -0.3 is 16.2 Å². The molecule has 0 aliphatic carbocycles. The molecule has 21 heavy (non-hydrogen) atoms. The van der Waals surface area contributed by atoms with E-state index in [2.05, 4.69) is 0 Å². The standard InChI is InChI=1S/C12H10N4O5/c13-7-1-3-11(16(19)20)12(5-7)21-8-2-4-10(15(17)18)9(14)6-8/h1-6H,13-14H2. The molecule has 2 aromatic rings. The van der Waals surface area contributed by atoms with Gasteiger partial charge in [-0.15, -0.1) is 0 Å². The molecule has 2 aromatic carbocycles. The number of nitrogen functional groups attached to an aromatic ring is 2. The molecule has 9 heteroatoms. The Labute approximate surface area is 118 Å². The number of nitrogens with two attached hydrogens (primary N) is 2. The van der Waals surface area contributed by atoms with E-state index in [0.29, 0.717) is 0 Å². The molecule has 2 rings (SSSR count). The van der Waals surface area contributed by atoms with Crippen LogP contribution in [0.2, 0.25) is 0 Å². The van der Waals surface area contributed by atoms with Crippen LogP contribution in [0.3, 0.4) is 0 Å². The van der Waals surface area contributed by atoms with Crippen LogP contribution in [0.4, 0.5) is 22.7 Å². The fourth-order valence-electron chi connectivity index (χ4n) is 1.65. The van der Waals surface area contributed by atoms with Crippen LogP contribution >= 0.6 is 0 Å². The number of benzene rings is 2. The van der Waals surface area contributed by atoms with Gasteiger partial charge in [-0.1, -0.05) is 0 Å². The van der Waals surface area contributed by atoms with Crippen LogP contribution in [0.5, 0.6) is 11.5 Å². The van der Waals surface area contributed by atoms with Crippen LogP contribution in [-0.4, -0.2) is 9.85 Å². The zero-order chi connectivity index (χ0) is 15.6. The van der Waals surface area contributed by atoms with Gasteiger partial charge in [-0.3, -0.25) is 20.2 Å². The van der Waals surface area contributed by atoms with Crippen LogP contribution in [0.15, 0.2) is 36.4 Å². The second-order valence-electron chi connectivity index (χ2n) is 4.06. The highest BCUT2D eigenvalue weighted by molar-refractivity contribution is 5.62. The number of nitro groups is 2. The zero-order valence-corrected chi connectivity index (χ0v) is 10.6. The fraction of sp³-hybridized carbons (Fsp3) is 0. The van der Waals surface area contributed by atoms with Crippen LogP contribution < -0.4 is 16.2 Å². The maximum atomic E-state index is 10.9. The molecule has 0 unspecified atom stereocenters. The lowest BCUT2D eigenvalue weighted by atomic mass is 10.2. The van der Waals surface area contributed by atoms with Gasteiger partial charge in [0.15, 0.2) is 0 Å². The molecule has 0 aromatic heterocycles. The van der Waals surface area contributed by atoms with Crippen molar-refractivity contribution in [3.8, 4) is 11.5 Å². The summed E-state index contributed by atoms with van der Waals surface area (Å²) in [6.07, 6.45) is 0. The van der Waals surface area contributed by atoms with Gasteiger partial charge in [-0.25, -0.2) is 0 Å². The van der Waals surface area contributed by atoms with Crippen molar-refractivity contribution in [2.45, 2.75) is 0 Å². The van der Waals surface area contributed by atoms with E-state index in [-0.39, 0.29) is 34.2 Å². The molecule has 0 aliphatic rings. The Morgan fingerprint density at radius 3 is 2.10 bits per heavy atom. The van der Waals surface area contributed by atoms with Crippen molar-refractivity contribution in [3.05, 3.63) is 56.6 Å². The molecule has 108 valence electrons. The minimum atomic E-state index is -0.637. The molecule has 0 heterocycles. The average molecular weight is 290 g/mol. The second kappa shape index (κ2) is 5.33. The number of ether oxygens (including phenoxy) is 1. The molecule has 0 spiro atoms. The minimum absolute atomic E-state index is 0.0757. The maximum Gasteiger partial charge on any atom is 0.311 e. The van der Waals surface area contributed by atoms with Crippen LogP contribution in [-0.2, 0) is 0 Å². The van der Waals surface area contributed by atoms with Gasteiger partial charge in [0.2, 0.25) is 5.75 Å². The number of anilines is 2. The minimum Gasteiger partial charge on any atom is -0.450 e. The smallest absolute Gasteiger partial charge is 0.311 e. The maximum absolute atomic E-state index is 10.9. The summed E-state index contributed by atoms with van der Waals surface area (Å²) in [7, 11) is 0. The van der Waals surface area contributed by atoms with Gasteiger partial charge in [-0.05, 0) is 12.1 Å². The number of hydrogen-bond acceptors (Lipinski definition) is 7. The molecule has 0 aliphatic heterocycles. The number of hydrogen-bond donors (Lipinski definition) is 2. The fourth-order valence-corrected chi connectivity index (χ4v) is 1.65. The van der Waals surface area contributed by atoms with E-state index in [9.17, 15) is 20.2 Å². The Balaban J connectivity index is 2.38. The Morgan fingerprint density at radius 2 is 1.52 bits per heavy atom. The lowest BCUT2D eigenvalue weighted by Crippen LogP contribution is -1.98.